The summed E-state index contributed by atoms with van der Waals surface area (Å²) in [5.74, 6) is 0. The maximum atomic E-state index is 10.3. The van der Waals surface area contributed by atoms with E-state index in [1.54, 1.807) is 18.3 Å². The van der Waals surface area contributed by atoms with Crippen molar-refractivity contribution >= 4 is 17.6 Å². The summed E-state index contributed by atoms with van der Waals surface area (Å²) in [6.45, 7) is 1.97. The number of benzene rings is 1. The zero-order valence-corrected chi connectivity index (χ0v) is 7.80. The Morgan fingerprint density at radius 1 is 1.50 bits per heavy atom. The molecule has 5 nitrogen and oxygen atoms in total. The molecule has 0 heterocycles. The highest BCUT2D eigenvalue weighted by Crippen LogP contribution is 2.14. The van der Waals surface area contributed by atoms with E-state index in [0.29, 0.717) is 0 Å². The zero-order valence-electron chi connectivity index (χ0n) is 7.80. The number of nitrogens with one attached hydrogen (secondary N) is 1. The van der Waals surface area contributed by atoms with Crippen molar-refractivity contribution in [2.24, 2.45) is 5.10 Å². The van der Waals surface area contributed by atoms with Gasteiger partial charge in [0, 0.05) is 18.3 Å². The summed E-state index contributed by atoms with van der Waals surface area (Å²) < 4.78 is 0. The average molecular weight is 193 g/mol. The van der Waals surface area contributed by atoms with Crippen LogP contribution in [0.25, 0.3) is 0 Å². The number of nitro benzene ring substituents is 1. The SMILES string of the molecule is CCC=NNc1ccc([N+](=O)[O-])cc1. The fourth-order valence-corrected chi connectivity index (χ4v) is 0.869. The third-order valence-corrected chi connectivity index (χ3v) is 1.55. The predicted octanol–water partition coefficient (Wildman–Crippen LogP) is 2.40. The van der Waals surface area contributed by atoms with Crippen LogP contribution < -0.4 is 5.43 Å². The van der Waals surface area contributed by atoms with E-state index in [1.165, 1.54) is 12.1 Å². The summed E-state index contributed by atoms with van der Waals surface area (Å²) in [5, 5.41) is 14.2. The lowest BCUT2D eigenvalue weighted by atomic mass is 10.3. The summed E-state index contributed by atoms with van der Waals surface area (Å²) in [6, 6.07) is 6.10. The second-order valence-electron chi connectivity index (χ2n) is 2.64. The van der Waals surface area contributed by atoms with Crippen molar-refractivity contribution in [2.75, 3.05) is 5.43 Å². The molecule has 74 valence electrons. The third-order valence-electron chi connectivity index (χ3n) is 1.55. The quantitative estimate of drug-likeness (QED) is 0.453. The highest BCUT2D eigenvalue weighted by molar-refractivity contribution is 5.59. The molecule has 5 heteroatoms. The van der Waals surface area contributed by atoms with Gasteiger partial charge in [0.25, 0.3) is 5.69 Å². The van der Waals surface area contributed by atoms with Crippen molar-refractivity contribution in [2.45, 2.75) is 13.3 Å². The van der Waals surface area contributed by atoms with Gasteiger partial charge in [-0.3, -0.25) is 15.5 Å². The van der Waals surface area contributed by atoms with E-state index in [-0.39, 0.29) is 5.69 Å². The summed E-state index contributed by atoms with van der Waals surface area (Å²) in [4.78, 5) is 9.90. The standard InChI is InChI=1S/C9H11N3O2/c1-2-7-10-11-8-3-5-9(6-4-8)12(13)14/h3-7,11H,2H2,1H3. The molecule has 0 atom stereocenters. The topological polar surface area (TPSA) is 67.5 Å². The van der Waals surface area contributed by atoms with Crippen molar-refractivity contribution < 1.29 is 4.92 Å². The van der Waals surface area contributed by atoms with Gasteiger partial charge in [-0.25, -0.2) is 0 Å². The minimum atomic E-state index is -0.431. The van der Waals surface area contributed by atoms with E-state index < -0.39 is 4.92 Å². The summed E-state index contributed by atoms with van der Waals surface area (Å²) in [7, 11) is 0. The highest BCUT2D eigenvalue weighted by Gasteiger charge is 2.02. The number of hydrogen-bond acceptors (Lipinski definition) is 4. The summed E-state index contributed by atoms with van der Waals surface area (Å²) in [6.07, 6.45) is 2.57. The second kappa shape index (κ2) is 4.96. The number of nitro groups is 1. The Hall–Kier alpha value is -1.91. The molecule has 1 aromatic carbocycles. The van der Waals surface area contributed by atoms with Crippen LogP contribution in [-0.4, -0.2) is 11.1 Å². The summed E-state index contributed by atoms with van der Waals surface area (Å²) in [5.41, 5.74) is 3.57. The monoisotopic (exact) mass is 193 g/mol. The van der Waals surface area contributed by atoms with Crippen LogP contribution in [0.4, 0.5) is 11.4 Å². The summed E-state index contributed by atoms with van der Waals surface area (Å²) >= 11 is 0. The minimum Gasteiger partial charge on any atom is -0.279 e. The lowest BCUT2D eigenvalue weighted by molar-refractivity contribution is -0.384. The first-order chi connectivity index (χ1) is 6.74. The molecular weight excluding hydrogens is 182 g/mol. The van der Waals surface area contributed by atoms with Crippen molar-refractivity contribution in [3.8, 4) is 0 Å². The Morgan fingerprint density at radius 2 is 2.14 bits per heavy atom. The molecule has 1 rings (SSSR count). The van der Waals surface area contributed by atoms with Crippen molar-refractivity contribution in [3.63, 3.8) is 0 Å². The van der Waals surface area contributed by atoms with Crippen molar-refractivity contribution in [1.29, 1.82) is 0 Å². The minimum absolute atomic E-state index is 0.0787. The number of non-ortho nitro benzene ring substituents is 1. The maximum absolute atomic E-state index is 10.3. The van der Waals surface area contributed by atoms with Crippen LogP contribution in [0.15, 0.2) is 29.4 Å². The van der Waals surface area contributed by atoms with Crippen LogP contribution in [0.3, 0.4) is 0 Å². The molecule has 0 fully saturated rings. The number of anilines is 1. The Balaban J connectivity index is 2.64. The van der Waals surface area contributed by atoms with Gasteiger partial charge in [0.15, 0.2) is 0 Å². The normalized spacial score (nSPS) is 10.4. The Morgan fingerprint density at radius 3 is 2.64 bits per heavy atom. The van der Waals surface area contributed by atoms with Crippen LogP contribution in [0.5, 0.6) is 0 Å². The molecule has 1 aromatic rings. The molecule has 0 saturated heterocycles. The lowest BCUT2D eigenvalue weighted by Gasteiger charge is -1.98. The molecule has 1 N–H and O–H groups in total. The van der Waals surface area contributed by atoms with Crippen molar-refractivity contribution in [3.05, 3.63) is 34.4 Å². The largest absolute Gasteiger partial charge is 0.279 e. The zero-order chi connectivity index (χ0) is 10.4. The van der Waals surface area contributed by atoms with Crippen LogP contribution in [0.2, 0.25) is 0 Å². The van der Waals surface area contributed by atoms with Gasteiger partial charge in [-0.1, -0.05) is 6.92 Å². The molecule has 0 radical (unpaired) electrons. The van der Waals surface area contributed by atoms with E-state index in [4.69, 9.17) is 0 Å². The number of rotatable bonds is 4. The first-order valence-electron chi connectivity index (χ1n) is 4.26. The first-order valence-corrected chi connectivity index (χ1v) is 4.26. The Labute approximate surface area is 81.6 Å². The van der Waals surface area contributed by atoms with Gasteiger partial charge in [-0.05, 0) is 18.6 Å². The molecule has 14 heavy (non-hydrogen) atoms. The van der Waals surface area contributed by atoms with Gasteiger partial charge in [-0.2, -0.15) is 5.10 Å². The van der Waals surface area contributed by atoms with Crippen LogP contribution >= 0.6 is 0 Å². The smallest absolute Gasteiger partial charge is 0.269 e. The van der Waals surface area contributed by atoms with Crippen LogP contribution in [0, 0.1) is 10.1 Å². The number of hydrazone groups is 1. The van der Waals surface area contributed by atoms with Gasteiger partial charge < -0.3 is 0 Å². The predicted molar refractivity (Wildman–Crippen MR) is 55.5 cm³/mol. The molecule has 0 bridgehead atoms. The Kier molecular flexibility index (Phi) is 3.60. The van der Waals surface area contributed by atoms with Gasteiger partial charge in [0.05, 0.1) is 10.6 Å². The van der Waals surface area contributed by atoms with Crippen LogP contribution in [-0.2, 0) is 0 Å². The third kappa shape index (κ3) is 2.85. The molecule has 0 aromatic heterocycles. The molecule has 0 unspecified atom stereocenters. The highest BCUT2D eigenvalue weighted by atomic mass is 16.6. The maximum Gasteiger partial charge on any atom is 0.269 e. The molecule has 0 saturated carbocycles. The number of hydrogen-bond donors (Lipinski definition) is 1. The van der Waals surface area contributed by atoms with Gasteiger partial charge in [0.2, 0.25) is 0 Å². The van der Waals surface area contributed by atoms with E-state index in [0.717, 1.165) is 12.1 Å². The molecule has 0 aliphatic carbocycles. The van der Waals surface area contributed by atoms with Gasteiger partial charge >= 0.3 is 0 Å². The fourth-order valence-electron chi connectivity index (χ4n) is 0.869. The van der Waals surface area contributed by atoms with Gasteiger partial charge in [-0.15, -0.1) is 0 Å². The van der Waals surface area contributed by atoms with Crippen molar-refractivity contribution in [1.82, 2.24) is 0 Å². The van der Waals surface area contributed by atoms with E-state index in [2.05, 4.69) is 10.5 Å². The molecular formula is C9H11N3O2. The van der Waals surface area contributed by atoms with Gasteiger partial charge in [0.1, 0.15) is 0 Å². The van der Waals surface area contributed by atoms with E-state index in [1.807, 2.05) is 6.92 Å². The van der Waals surface area contributed by atoms with E-state index in [9.17, 15) is 10.1 Å². The molecule has 0 spiro atoms. The van der Waals surface area contributed by atoms with Crippen LogP contribution in [0.1, 0.15) is 13.3 Å². The second-order valence-corrected chi connectivity index (χ2v) is 2.64. The number of nitrogens with zero attached hydrogens (tertiary/aromatic N) is 2. The van der Waals surface area contributed by atoms with E-state index >= 15 is 0 Å². The Bertz CT molecular complexity index is 332. The molecule has 0 amide bonds. The molecule has 0 aliphatic rings. The average Bonchev–Trinajstić information content (AvgIpc) is 2.19. The fraction of sp³-hybridized carbons (Fsp3) is 0.222. The first kappa shape index (κ1) is 10.2. The lowest BCUT2D eigenvalue weighted by Crippen LogP contribution is -1.90. The molecule has 0 aliphatic heterocycles.